The molecule has 0 aliphatic rings. The first-order valence-electron chi connectivity index (χ1n) is 6.42. The number of nitrogens with zero attached hydrogens (tertiary/aromatic N) is 1. The maximum atomic E-state index is 4.52. The maximum absolute atomic E-state index is 4.52. The summed E-state index contributed by atoms with van der Waals surface area (Å²) in [6.45, 7) is 5.06. The van der Waals surface area contributed by atoms with Crippen LogP contribution in [0.2, 0.25) is 0 Å². The van der Waals surface area contributed by atoms with Gasteiger partial charge in [0.2, 0.25) is 0 Å². The molecule has 0 radical (unpaired) electrons. The number of aromatic nitrogens is 1. The number of rotatable bonds is 5. The Kier molecular flexibility index (Phi) is 4.80. The molecule has 19 heavy (non-hydrogen) atoms. The molecule has 1 aromatic heterocycles. The standard InChI is InChI=1S/C15H18BrN3/c1-3-17-14-8-5-9-15(19-14)18-11(2)12-6-4-7-13(16)10-12/h4-11H,3H2,1-2H3,(H2,17,18,19). The smallest absolute Gasteiger partial charge is 0.128 e. The number of nitrogens with one attached hydrogen (secondary N) is 2. The third-order valence-corrected chi connectivity index (χ3v) is 3.31. The Bertz CT molecular complexity index is 542. The largest absolute Gasteiger partial charge is 0.370 e. The summed E-state index contributed by atoms with van der Waals surface area (Å²) in [7, 11) is 0. The summed E-state index contributed by atoms with van der Waals surface area (Å²) in [5.41, 5.74) is 1.23. The Labute approximate surface area is 122 Å². The first kappa shape index (κ1) is 13.9. The van der Waals surface area contributed by atoms with Gasteiger partial charge in [0.1, 0.15) is 11.6 Å². The van der Waals surface area contributed by atoms with E-state index in [1.54, 1.807) is 0 Å². The second-order valence-corrected chi connectivity index (χ2v) is 5.28. The van der Waals surface area contributed by atoms with Gasteiger partial charge in [0, 0.05) is 17.1 Å². The van der Waals surface area contributed by atoms with Crippen LogP contribution in [0, 0.1) is 0 Å². The fraction of sp³-hybridized carbons (Fsp3) is 0.267. The summed E-state index contributed by atoms with van der Waals surface area (Å²) in [4.78, 5) is 4.52. The molecular formula is C15H18BrN3. The van der Waals surface area contributed by atoms with E-state index < -0.39 is 0 Å². The van der Waals surface area contributed by atoms with Gasteiger partial charge in [0.05, 0.1) is 0 Å². The Morgan fingerprint density at radius 3 is 2.63 bits per heavy atom. The fourth-order valence-corrected chi connectivity index (χ4v) is 2.29. The van der Waals surface area contributed by atoms with Crippen molar-refractivity contribution in [3.05, 3.63) is 52.5 Å². The lowest BCUT2D eigenvalue weighted by Crippen LogP contribution is -2.09. The first-order chi connectivity index (χ1) is 9.19. The topological polar surface area (TPSA) is 37.0 Å². The molecule has 2 aromatic rings. The molecule has 1 unspecified atom stereocenters. The van der Waals surface area contributed by atoms with Crippen molar-refractivity contribution in [2.24, 2.45) is 0 Å². The molecule has 0 aliphatic carbocycles. The third kappa shape index (κ3) is 3.96. The molecule has 0 fully saturated rings. The van der Waals surface area contributed by atoms with E-state index in [-0.39, 0.29) is 6.04 Å². The van der Waals surface area contributed by atoms with Gasteiger partial charge in [-0.05, 0) is 43.7 Å². The van der Waals surface area contributed by atoms with Gasteiger partial charge in [-0.15, -0.1) is 0 Å². The molecule has 0 saturated carbocycles. The Hall–Kier alpha value is -1.55. The van der Waals surface area contributed by atoms with Crippen molar-refractivity contribution >= 4 is 27.6 Å². The summed E-state index contributed by atoms with van der Waals surface area (Å²) in [6.07, 6.45) is 0. The van der Waals surface area contributed by atoms with Gasteiger partial charge in [-0.25, -0.2) is 4.98 Å². The third-order valence-electron chi connectivity index (χ3n) is 2.82. The van der Waals surface area contributed by atoms with Crippen molar-refractivity contribution in [2.75, 3.05) is 17.2 Å². The normalized spacial score (nSPS) is 11.9. The lowest BCUT2D eigenvalue weighted by molar-refractivity contribution is 0.874. The highest BCUT2D eigenvalue weighted by Gasteiger charge is 2.06. The van der Waals surface area contributed by atoms with Crippen LogP contribution in [0.3, 0.4) is 0 Å². The van der Waals surface area contributed by atoms with Crippen molar-refractivity contribution in [2.45, 2.75) is 19.9 Å². The quantitative estimate of drug-likeness (QED) is 0.855. The van der Waals surface area contributed by atoms with Crippen molar-refractivity contribution in [1.29, 1.82) is 0 Å². The van der Waals surface area contributed by atoms with Crippen LogP contribution in [-0.4, -0.2) is 11.5 Å². The summed E-state index contributed by atoms with van der Waals surface area (Å²) in [5.74, 6) is 1.78. The molecule has 0 bridgehead atoms. The molecule has 0 aliphatic heterocycles. The molecule has 2 rings (SSSR count). The summed E-state index contributed by atoms with van der Waals surface area (Å²) < 4.78 is 1.09. The van der Waals surface area contributed by atoms with Crippen LogP contribution in [-0.2, 0) is 0 Å². The molecule has 100 valence electrons. The maximum Gasteiger partial charge on any atom is 0.128 e. The van der Waals surface area contributed by atoms with E-state index in [2.05, 4.69) is 57.5 Å². The number of halogens is 1. The Balaban J connectivity index is 2.10. The van der Waals surface area contributed by atoms with Crippen LogP contribution in [0.25, 0.3) is 0 Å². The van der Waals surface area contributed by atoms with Crippen LogP contribution in [0.15, 0.2) is 46.9 Å². The van der Waals surface area contributed by atoms with Gasteiger partial charge in [-0.3, -0.25) is 0 Å². The van der Waals surface area contributed by atoms with Crippen LogP contribution in [0.5, 0.6) is 0 Å². The van der Waals surface area contributed by atoms with Gasteiger partial charge in [-0.2, -0.15) is 0 Å². The molecular weight excluding hydrogens is 302 g/mol. The predicted molar refractivity (Wildman–Crippen MR) is 84.6 cm³/mol. The minimum absolute atomic E-state index is 0.210. The van der Waals surface area contributed by atoms with Crippen LogP contribution >= 0.6 is 15.9 Å². The monoisotopic (exact) mass is 319 g/mol. The minimum atomic E-state index is 0.210. The zero-order valence-corrected chi connectivity index (χ0v) is 12.7. The van der Waals surface area contributed by atoms with Crippen molar-refractivity contribution in [3.8, 4) is 0 Å². The van der Waals surface area contributed by atoms with E-state index in [4.69, 9.17) is 0 Å². The highest BCUT2D eigenvalue weighted by Crippen LogP contribution is 2.21. The zero-order chi connectivity index (χ0) is 13.7. The van der Waals surface area contributed by atoms with Crippen LogP contribution in [0.4, 0.5) is 11.6 Å². The Morgan fingerprint density at radius 2 is 1.89 bits per heavy atom. The lowest BCUT2D eigenvalue weighted by Gasteiger charge is -2.16. The second kappa shape index (κ2) is 6.57. The van der Waals surface area contributed by atoms with Crippen molar-refractivity contribution < 1.29 is 0 Å². The summed E-state index contributed by atoms with van der Waals surface area (Å²) in [5, 5.41) is 6.62. The number of pyridine rings is 1. The zero-order valence-electron chi connectivity index (χ0n) is 11.2. The molecule has 0 saturated heterocycles. The summed E-state index contributed by atoms with van der Waals surface area (Å²) in [6, 6.07) is 14.5. The van der Waals surface area contributed by atoms with Crippen molar-refractivity contribution in [1.82, 2.24) is 4.98 Å². The minimum Gasteiger partial charge on any atom is -0.370 e. The van der Waals surface area contributed by atoms with Gasteiger partial charge < -0.3 is 10.6 Å². The summed E-state index contributed by atoms with van der Waals surface area (Å²) >= 11 is 3.49. The lowest BCUT2D eigenvalue weighted by atomic mass is 10.1. The molecule has 1 aromatic carbocycles. The van der Waals surface area contributed by atoms with E-state index in [0.29, 0.717) is 0 Å². The van der Waals surface area contributed by atoms with E-state index in [9.17, 15) is 0 Å². The van der Waals surface area contributed by atoms with Crippen molar-refractivity contribution in [3.63, 3.8) is 0 Å². The van der Waals surface area contributed by atoms with E-state index in [1.165, 1.54) is 5.56 Å². The SMILES string of the molecule is CCNc1cccc(NC(C)c2cccc(Br)c2)n1. The first-order valence-corrected chi connectivity index (χ1v) is 7.21. The molecule has 0 amide bonds. The van der Waals surface area contributed by atoms with E-state index >= 15 is 0 Å². The molecule has 1 heterocycles. The molecule has 4 heteroatoms. The van der Waals surface area contributed by atoms with E-state index in [1.807, 2.05) is 30.3 Å². The second-order valence-electron chi connectivity index (χ2n) is 4.36. The molecule has 3 nitrogen and oxygen atoms in total. The molecule has 2 N–H and O–H groups in total. The number of hydrogen-bond donors (Lipinski definition) is 2. The number of benzene rings is 1. The Morgan fingerprint density at radius 1 is 1.16 bits per heavy atom. The number of hydrogen-bond acceptors (Lipinski definition) is 3. The number of anilines is 2. The predicted octanol–water partition coefficient (Wildman–Crippen LogP) is 4.45. The molecule has 1 atom stereocenters. The highest BCUT2D eigenvalue weighted by molar-refractivity contribution is 9.10. The van der Waals surface area contributed by atoms with Gasteiger partial charge in [0.15, 0.2) is 0 Å². The van der Waals surface area contributed by atoms with Crippen LogP contribution in [0.1, 0.15) is 25.5 Å². The van der Waals surface area contributed by atoms with Gasteiger partial charge in [0.25, 0.3) is 0 Å². The van der Waals surface area contributed by atoms with Gasteiger partial charge in [-0.1, -0.05) is 34.1 Å². The van der Waals surface area contributed by atoms with Gasteiger partial charge >= 0.3 is 0 Å². The fourth-order valence-electron chi connectivity index (χ4n) is 1.88. The average molecular weight is 320 g/mol. The van der Waals surface area contributed by atoms with Crippen LogP contribution < -0.4 is 10.6 Å². The highest BCUT2D eigenvalue weighted by atomic mass is 79.9. The molecule has 0 spiro atoms. The average Bonchev–Trinajstić information content (AvgIpc) is 2.39. The van der Waals surface area contributed by atoms with E-state index in [0.717, 1.165) is 22.7 Å².